The molecule has 1 unspecified atom stereocenters. The van der Waals surface area contributed by atoms with Crippen molar-refractivity contribution in [1.82, 2.24) is 5.32 Å². The van der Waals surface area contributed by atoms with Crippen LogP contribution in [0.1, 0.15) is 32.3 Å². The molecule has 0 aliphatic carbocycles. The van der Waals surface area contributed by atoms with Gasteiger partial charge in [0, 0.05) is 12.5 Å². The standard InChI is InChI=1S/C13H20N2O3S/c1-3-13(16)15-10(2)4-5-11-6-8-12(9-7-11)19(14,17)18/h6-10H,3-5H2,1-2H3,(H,15,16)(H2,14,17,18). The Morgan fingerprint density at radius 1 is 1.32 bits per heavy atom. The molecule has 1 aromatic rings. The minimum Gasteiger partial charge on any atom is -0.354 e. The zero-order chi connectivity index (χ0) is 14.5. The van der Waals surface area contributed by atoms with Gasteiger partial charge in [-0.3, -0.25) is 4.79 Å². The third-order valence-corrected chi connectivity index (χ3v) is 3.78. The predicted molar refractivity (Wildman–Crippen MR) is 74.0 cm³/mol. The summed E-state index contributed by atoms with van der Waals surface area (Å²) in [5, 5.41) is 7.90. The van der Waals surface area contributed by atoms with Crippen LogP contribution in [0, 0.1) is 0 Å². The Hall–Kier alpha value is -1.40. The highest BCUT2D eigenvalue weighted by molar-refractivity contribution is 7.89. The van der Waals surface area contributed by atoms with Crippen LogP contribution in [0.25, 0.3) is 0 Å². The van der Waals surface area contributed by atoms with Crippen LogP contribution in [0.2, 0.25) is 0 Å². The lowest BCUT2D eigenvalue weighted by molar-refractivity contribution is -0.121. The molecule has 19 heavy (non-hydrogen) atoms. The molecule has 1 amide bonds. The Kier molecular flexibility index (Phi) is 5.50. The van der Waals surface area contributed by atoms with Crippen LogP contribution < -0.4 is 10.5 Å². The molecule has 0 aromatic heterocycles. The quantitative estimate of drug-likeness (QED) is 0.822. The minimum absolute atomic E-state index is 0.0390. The molecule has 6 heteroatoms. The van der Waals surface area contributed by atoms with E-state index in [1.54, 1.807) is 12.1 Å². The summed E-state index contributed by atoms with van der Waals surface area (Å²) < 4.78 is 22.2. The Bertz CT molecular complexity index is 523. The SMILES string of the molecule is CCC(=O)NC(C)CCc1ccc(S(N)(=O)=O)cc1. The number of nitrogens with two attached hydrogens (primary N) is 1. The summed E-state index contributed by atoms with van der Waals surface area (Å²) in [6.45, 7) is 3.76. The maximum Gasteiger partial charge on any atom is 0.238 e. The molecule has 1 atom stereocenters. The number of benzene rings is 1. The van der Waals surface area contributed by atoms with Crippen molar-refractivity contribution in [2.75, 3.05) is 0 Å². The average molecular weight is 284 g/mol. The van der Waals surface area contributed by atoms with E-state index in [1.807, 2.05) is 13.8 Å². The van der Waals surface area contributed by atoms with Gasteiger partial charge in [0.05, 0.1) is 4.90 Å². The fourth-order valence-corrected chi connectivity index (χ4v) is 2.19. The molecule has 0 heterocycles. The van der Waals surface area contributed by atoms with E-state index in [2.05, 4.69) is 5.32 Å². The highest BCUT2D eigenvalue weighted by Crippen LogP contribution is 2.11. The number of primary sulfonamides is 1. The van der Waals surface area contributed by atoms with E-state index >= 15 is 0 Å². The summed E-state index contributed by atoms with van der Waals surface area (Å²) >= 11 is 0. The molecule has 1 aromatic carbocycles. The highest BCUT2D eigenvalue weighted by Gasteiger charge is 2.08. The third kappa shape index (κ3) is 5.40. The van der Waals surface area contributed by atoms with E-state index in [1.165, 1.54) is 12.1 Å². The lowest BCUT2D eigenvalue weighted by atomic mass is 10.1. The average Bonchev–Trinajstić information content (AvgIpc) is 2.35. The van der Waals surface area contributed by atoms with Gasteiger partial charge < -0.3 is 5.32 Å². The van der Waals surface area contributed by atoms with E-state index in [0.717, 1.165) is 18.4 Å². The van der Waals surface area contributed by atoms with Crippen LogP contribution in [0.3, 0.4) is 0 Å². The maximum atomic E-state index is 11.2. The Morgan fingerprint density at radius 3 is 2.37 bits per heavy atom. The van der Waals surface area contributed by atoms with Crippen molar-refractivity contribution < 1.29 is 13.2 Å². The van der Waals surface area contributed by atoms with Gasteiger partial charge in [0.2, 0.25) is 15.9 Å². The first-order valence-electron chi connectivity index (χ1n) is 6.24. The number of nitrogens with one attached hydrogen (secondary N) is 1. The molecule has 0 saturated heterocycles. The van der Waals surface area contributed by atoms with Gasteiger partial charge in [-0.15, -0.1) is 0 Å². The number of sulfonamides is 1. The van der Waals surface area contributed by atoms with Crippen molar-refractivity contribution in [3.63, 3.8) is 0 Å². The van der Waals surface area contributed by atoms with Crippen LogP contribution in [0.15, 0.2) is 29.2 Å². The van der Waals surface area contributed by atoms with Gasteiger partial charge in [-0.05, 0) is 37.5 Å². The van der Waals surface area contributed by atoms with E-state index < -0.39 is 10.0 Å². The van der Waals surface area contributed by atoms with Crippen molar-refractivity contribution in [2.45, 2.75) is 44.0 Å². The molecular formula is C13H20N2O3S. The van der Waals surface area contributed by atoms with Crippen molar-refractivity contribution in [1.29, 1.82) is 0 Å². The molecule has 0 aliphatic rings. The first-order chi connectivity index (χ1) is 8.82. The van der Waals surface area contributed by atoms with Gasteiger partial charge in [0.15, 0.2) is 0 Å². The summed E-state index contributed by atoms with van der Waals surface area (Å²) in [5.74, 6) is 0.0390. The lowest BCUT2D eigenvalue weighted by Crippen LogP contribution is -2.32. The van der Waals surface area contributed by atoms with Crippen molar-refractivity contribution in [3.8, 4) is 0 Å². The summed E-state index contributed by atoms with van der Waals surface area (Å²) in [5.41, 5.74) is 1.02. The third-order valence-electron chi connectivity index (χ3n) is 2.85. The normalized spacial score (nSPS) is 13.0. The molecule has 0 radical (unpaired) electrons. The summed E-state index contributed by atoms with van der Waals surface area (Å²) in [6.07, 6.45) is 2.06. The molecule has 1 rings (SSSR count). The fourth-order valence-electron chi connectivity index (χ4n) is 1.68. The number of aryl methyl sites for hydroxylation is 1. The van der Waals surface area contributed by atoms with E-state index in [-0.39, 0.29) is 16.8 Å². The van der Waals surface area contributed by atoms with Gasteiger partial charge in [-0.2, -0.15) is 0 Å². The largest absolute Gasteiger partial charge is 0.354 e. The Labute approximate surface area is 114 Å². The van der Waals surface area contributed by atoms with Crippen LogP contribution in [-0.2, 0) is 21.2 Å². The van der Waals surface area contributed by atoms with Gasteiger partial charge in [0.25, 0.3) is 0 Å². The molecule has 0 fully saturated rings. The van der Waals surface area contributed by atoms with Crippen molar-refractivity contribution >= 4 is 15.9 Å². The second kappa shape index (κ2) is 6.68. The molecule has 0 bridgehead atoms. The minimum atomic E-state index is -3.63. The highest BCUT2D eigenvalue weighted by atomic mass is 32.2. The maximum absolute atomic E-state index is 11.2. The summed E-state index contributed by atoms with van der Waals surface area (Å²) in [7, 11) is -3.63. The zero-order valence-corrected chi connectivity index (χ0v) is 12.0. The van der Waals surface area contributed by atoms with E-state index in [9.17, 15) is 13.2 Å². The van der Waals surface area contributed by atoms with Crippen molar-refractivity contribution in [3.05, 3.63) is 29.8 Å². The molecular weight excluding hydrogens is 264 g/mol. The first kappa shape index (κ1) is 15.7. The smallest absolute Gasteiger partial charge is 0.238 e. The topological polar surface area (TPSA) is 89.3 Å². The fraction of sp³-hybridized carbons (Fsp3) is 0.462. The van der Waals surface area contributed by atoms with E-state index in [0.29, 0.717) is 6.42 Å². The molecule has 5 nitrogen and oxygen atoms in total. The predicted octanol–water partition coefficient (Wildman–Crippen LogP) is 1.18. The molecule has 0 aliphatic heterocycles. The number of amides is 1. The molecule has 106 valence electrons. The van der Waals surface area contributed by atoms with Gasteiger partial charge in [-0.1, -0.05) is 19.1 Å². The van der Waals surface area contributed by atoms with Gasteiger partial charge >= 0.3 is 0 Å². The van der Waals surface area contributed by atoms with Gasteiger partial charge in [-0.25, -0.2) is 13.6 Å². The van der Waals surface area contributed by atoms with Crippen LogP contribution >= 0.6 is 0 Å². The van der Waals surface area contributed by atoms with Crippen LogP contribution in [0.4, 0.5) is 0 Å². The number of carbonyl (C=O) groups excluding carboxylic acids is 1. The second-order valence-corrected chi connectivity index (χ2v) is 6.11. The molecule has 3 N–H and O–H groups in total. The zero-order valence-electron chi connectivity index (χ0n) is 11.2. The monoisotopic (exact) mass is 284 g/mol. The summed E-state index contributed by atoms with van der Waals surface area (Å²) in [6, 6.07) is 6.59. The second-order valence-electron chi connectivity index (χ2n) is 4.55. The van der Waals surface area contributed by atoms with Crippen molar-refractivity contribution in [2.24, 2.45) is 5.14 Å². The Morgan fingerprint density at radius 2 is 1.89 bits per heavy atom. The number of carbonyl (C=O) groups is 1. The van der Waals surface area contributed by atoms with Gasteiger partial charge in [0.1, 0.15) is 0 Å². The summed E-state index contributed by atoms with van der Waals surface area (Å²) in [4.78, 5) is 11.3. The van der Waals surface area contributed by atoms with Crippen LogP contribution in [0.5, 0.6) is 0 Å². The van der Waals surface area contributed by atoms with Crippen LogP contribution in [-0.4, -0.2) is 20.4 Å². The number of hydrogen-bond acceptors (Lipinski definition) is 3. The Balaban J connectivity index is 2.53. The number of rotatable bonds is 6. The molecule has 0 saturated carbocycles. The van der Waals surface area contributed by atoms with E-state index in [4.69, 9.17) is 5.14 Å². The molecule has 0 spiro atoms. The first-order valence-corrected chi connectivity index (χ1v) is 7.78. The lowest BCUT2D eigenvalue weighted by Gasteiger charge is -2.13. The number of hydrogen-bond donors (Lipinski definition) is 2.